The van der Waals surface area contributed by atoms with Crippen LogP contribution in [0, 0.1) is 24.0 Å². The summed E-state index contributed by atoms with van der Waals surface area (Å²) in [4.78, 5) is 28.9. The van der Waals surface area contributed by atoms with Crippen molar-refractivity contribution >= 4 is 51.3 Å². The topological polar surface area (TPSA) is 85.1 Å². The molecule has 0 bridgehead atoms. The van der Waals surface area contributed by atoms with E-state index in [1.54, 1.807) is 24.3 Å². The number of thiazole rings is 1. The molecule has 1 amide bonds. The van der Waals surface area contributed by atoms with Crippen molar-refractivity contribution in [3.05, 3.63) is 97.5 Å². The molecule has 0 aliphatic rings. The Kier molecular flexibility index (Phi) is 6.47. The molecule has 0 unspecified atom stereocenters. The number of anilines is 1. The lowest BCUT2D eigenvalue weighted by atomic mass is 10.0. The Balaban J connectivity index is 1.77. The number of rotatable bonds is 5. The summed E-state index contributed by atoms with van der Waals surface area (Å²) in [7, 11) is 0. The molecule has 3 aromatic carbocycles. The highest BCUT2D eigenvalue weighted by atomic mass is 35.5. The molecule has 4 rings (SSSR count). The molecule has 0 radical (unpaired) electrons. The van der Waals surface area contributed by atoms with E-state index in [0.29, 0.717) is 15.8 Å². The number of hydrogen-bond donors (Lipinski definition) is 1. The maximum atomic E-state index is 12.8. The molecule has 6 nitrogen and oxygen atoms in total. The number of carbonyl (C=O) groups excluding carboxylic acids is 1. The van der Waals surface area contributed by atoms with Crippen molar-refractivity contribution in [2.75, 3.05) is 5.32 Å². The third kappa shape index (κ3) is 4.90. The number of aryl methyl sites for hydroxylation is 2. The van der Waals surface area contributed by atoms with Crippen molar-refractivity contribution in [2.24, 2.45) is 0 Å². The van der Waals surface area contributed by atoms with Crippen molar-refractivity contribution in [1.82, 2.24) is 4.98 Å². The summed E-state index contributed by atoms with van der Waals surface area (Å²) >= 11 is 13.4. The van der Waals surface area contributed by atoms with Crippen LogP contribution in [0.1, 0.15) is 21.5 Å². The standard InChI is InChI=1S/C24H17Cl2N3O3S/c1-13-3-9-18(14(2)11-13)21-22(15-4-7-17(8-5-15)29(31)32)33-24(27-21)28-23(30)19-10-6-16(25)12-20(19)26/h3-12H,1-2H3,(H,27,28,30). The highest BCUT2D eigenvalue weighted by Gasteiger charge is 2.20. The van der Waals surface area contributed by atoms with Gasteiger partial charge in [0.25, 0.3) is 11.6 Å². The summed E-state index contributed by atoms with van der Waals surface area (Å²) in [6.07, 6.45) is 0. The molecule has 4 aromatic rings. The summed E-state index contributed by atoms with van der Waals surface area (Å²) < 4.78 is 0. The first-order valence-electron chi connectivity index (χ1n) is 9.82. The highest BCUT2D eigenvalue weighted by Crippen LogP contribution is 2.41. The lowest BCUT2D eigenvalue weighted by molar-refractivity contribution is -0.384. The van der Waals surface area contributed by atoms with Crippen molar-refractivity contribution in [3.8, 4) is 21.7 Å². The van der Waals surface area contributed by atoms with Gasteiger partial charge < -0.3 is 0 Å². The summed E-state index contributed by atoms with van der Waals surface area (Å²) in [5.74, 6) is -0.409. The fourth-order valence-electron chi connectivity index (χ4n) is 3.40. The minimum atomic E-state index is -0.441. The van der Waals surface area contributed by atoms with Crippen LogP contribution in [-0.4, -0.2) is 15.8 Å². The maximum Gasteiger partial charge on any atom is 0.269 e. The third-order valence-electron chi connectivity index (χ3n) is 5.00. The SMILES string of the molecule is Cc1ccc(-c2nc(NC(=O)c3ccc(Cl)cc3Cl)sc2-c2ccc([N+](=O)[O-])cc2)c(C)c1. The van der Waals surface area contributed by atoms with Gasteiger partial charge in [-0.05, 0) is 55.3 Å². The second-order valence-corrected chi connectivity index (χ2v) is 9.24. The zero-order chi connectivity index (χ0) is 23.7. The molecule has 33 heavy (non-hydrogen) atoms. The number of nitro benzene ring substituents is 1. The molecule has 1 heterocycles. The average molecular weight is 498 g/mol. The number of nitro groups is 1. The summed E-state index contributed by atoms with van der Waals surface area (Å²) in [6, 6.07) is 16.9. The Morgan fingerprint density at radius 1 is 1.03 bits per heavy atom. The monoisotopic (exact) mass is 497 g/mol. The minimum Gasteiger partial charge on any atom is -0.298 e. The first-order valence-corrected chi connectivity index (χ1v) is 11.4. The van der Waals surface area contributed by atoms with E-state index in [1.807, 2.05) is 26.0 Å². The van der Waals surface area contributed by atoms with Gasteiger partial charge in [0.2, 0.25) is 0 Å². The largest absolute Gasteiger partial charge is 0.298 e. The summed E-state index contributed by atoms with van der Waals surface area (Å²) in [6.45, 7) is 4.00. The maximum absolute atomic E-state index is 12.8. The van der Waals surface area contributed by atoms with Gasteiger partial charge in [-0.2, -0.15) is 0 Å². The lowest BCUT2D eigenvalue weighted by Crippen LogP contribution is -2.12. The number of non-ortho nitro benzene ring substituents is 1. The lowest BCUT2D eigenvalue weighted by Gasteiger charge is -2.07. The molecule has 1 N–H and O–H groups in total. The van der Waals surface area contributed by atoms with Crippen molar-refractivity contribution in [2.45, 2.75) is 13.8 Å². The molecule has 0 aliphatic heterocycles. The Labute approximate surface area is 204 Å². The van der Waals surface area contributed by atoms with Crippen LogP contribution < -0.4 is 5.32 Å². The van der Waals surface area contributed by atoms with E-state index in [4.69, 9.17) is 28.2 Å². The zero-order valence-corrected chi connectivity index (χ0v) is 19.9. The molecule has 9 heteroatoms. The van der Waals surface area contributed by atoms with Gasteiger partial charge >= 0.3 is 0 Å². The molecule has 0 aliphatic carbocycles. The van der Waals surface area contributed by atoms with Crippen molar-refractivity contribution < 1.29 is 9.72 Å². The van der Waals surface area contributed by atoms with Crippen LogP contribution >= 0.6 is 34.5 Å². The third-order valence-corrected chi connectivity index (χ3v) is 6.57. The van der Waals surface area contributed by atoms with E-state index >= 15 is 0 Å². The number of halogens is 2. The van der Waals surface area contributed by atoms with Crippen LogP contribution in [-0.2, 0) is 0 Å². The number of benzene rings is 3. The number of aromatic nitrogens is 1. The van der Waals surface area contributed by atoms with E-state index in [-0.39, 0.29) is 16.3 Å². The summed E-state index contributed by atoms with van der Waals surface area (Å²) in [5.41, 5.74) is 4.79. The van der Waals surface area contributed by atoms with Crippen LogP contribution in [0.5, 0.6) is 0 Å². The van der Waals surface area contributed by atoms with E-state index < -0.39 is 10.8 Å². The number of amides is 1. The molecular formula is C24H17Cl2N3O3S. The fourth-order valence-corrected chi connectivity index (χ4v) is 4.88. The minimum absolute atomic E-state index is 0.00207. The molecule has 0 fully saturated rings. The van der Waals surface area contributed by atoms with Gasteiger partial charge in [0, 0.05) is 22.7 Å². The Morgan fingerprint density at radius 3 is 2.39 bits per heavy atom. The average Bonchev–Trinajstić information content (AvgIpc) is 3.17. The first-order chi connectivity index (χ1) is 15.7. The number of carbonyl (C=O) groups is 1. The van der Waals surface area contributed by atoms with Gasteiger partial charge in [-0.25, -0.2) is 4.98 Å². The van der Waals surface area contributed by atoms with Gasteiger partial charge in [-0.1, -0.05) is 58.3 Å². The highest BCUT2D eigenvalue weighted by molar-refractivity contribution is 7.19. The molecular weight excluding hydrogens is 481 g/mol. The van der Waals surface area contributed by atoms with Crippen LogP contribution in [0.15, 0.2) is 60.7 Å². The second-order valence-electron chi connectivity index (χ2n) is 7.40. The number of hydrogen-bond acceptors (Lipinski definition) is 5. The van der Waals surface area contributed by atoms with Gasteiger partial charge in [0.15, 0.2) is 5.13 Å². The van der Waals surface area contributed by atoms with Crippen LogP contribution in [0.25, 0.3) is 21.7 Å². The Hall–Kier alpha value is -3.26. The van der Waals surface area contributed by atoms with E-state index in [1.165, 1.54) is 29.5 Å². The van der Waals surface area contributed by atoms with Crippen LogP contribution in [0.3, 0.4) is 0 Å². The molecule has 166 valence electrons. The van der Waals surface area contributed by atoms with Crippen molar-refractivity contribution in [1.29, 1.82) is 0 Å². The molecule has 0 spiro atoms. The molecule has 0 saturated carbocycles. The van der Waals surface area contributed by atoms with E-state index in [2.05, 4.69) is 11.4 Å². The van der Waals surface area contributed by atoms with Gasteiger partial charge in [0.1, 0.15) is 0 Å². The fraction of sp³-hybridized carbons (Fsp3) is 0.0833. The predicted octanol–water partition coefficient (Wildman–Crippen LogP) is 7.56. The number of nitrogens with zero attached hydrogens (tertiary/aromatic N) is 2. The van der Waals surface area contributed by atoms with Crippen LogP contribution in [0.2, 0.25) is 10.0 Å². The van der Waals surface area contributed by atoms with Gasteiger partial charge in [0.05, 0.1) is 26.1 Å². The second kappa shape index (κ2) is 9.31. The Bertz CT molecular complexity index is 1380. The summed E-state index contributed by atoms with van der Waals surface area (Å²) in [5, 5.41) is 14.9. The first kappa shape index (κ1) is 22.9. The Morgan fingerprint density at radius 2 is 1.76 bits per heavy atom. The van der Waals surface area contributed by atoms with Gasteiger partial charge in [-0.15, -0.1) is 0 Å². The van der Waals surface area contributed by atoms with Crippen molar-refractivity contribution in [3.63, 3.8) is 0 Å². The van der Waals surface area contributed by atoms with Crippen LogP contribution in [0.4, 0.5) is 10.8 Å². The van der Waals surface area contributed by atoms with E-state index in [0.717, 1.165) is 27.1 Å². The van der Waals surface area contributed by atoms with E-state index in [9.17, 15) is 14.9 Å². The van der Waals surface area contributed by atoms with Gasteiger partial charge in [-0.3, -0.25) is 20.2 Å². The molecule has 0 atom stereocenters. The molecule has 0 saturated heterocycles. The predicted molar refractivity (Wildman–Crippen MR) is 134 cm³/mol. The quantitative estimate of drug-likeness (QED) is 0.227. The molecule has 1 aromatic heterocycles. The smallest absolute Gasteiger partial charge is 0.269 e. The number of nitrogens with one attached hydrogen (secondary N) is 1. The normalized spacial score (nSPS) is 10.8. The zero-order valence-electron chi connectivity index (χ0n) is 17.6.